The third-order valence-electron chi connectivity index (χ3n) is 4.11. The van der Waals surface area contributed by atoms with E-state index in [2.05, 4.69) is 21.2 Å². The Bertz CT molecular complexity index is 963. The van der Waals surface area contributed by atoms with Gasteiger partial charge in [0.2, 0.25) is 5.76 Å². The molecule has 2 aromatic carbocycles. The molecule has 1 N–H and O–H groups in total. The SMILES string of the molecule is Cc1c(C(=O)OCC(=O)N[C@@H](C)c2ccccc2Br)oc2ccccc12. The van der Waals surface area contributed by atoms with E-state index in [1.54, 1.807) is 13.0 Å². The molecule has 1 aromatic heterocycles. The lowest BCUT2D eigenvalue weighted by molar-refractivity contribution is -0.124. The summed E-state index contributed by atoms with van der Waals surface area (Å²) in [5.74, 6) is -0.907. The fourth-order valence-electron chi connectivity index (χ4n) is 2.75. The number of furan rings is 1. The molecule has 0 saturated carbocycles. The van der Waals surface area contributed by atoms with Crippen molar-refractivity contribution < 1.29 is 18.7 Å². The molecule has 0 aliphatic rings. The number of amides is 1. The molecule has 5 nitrogen and oxygen atoms in total. The van der Waals surface area contributed by atoms with Crippen molar-refractivity contribution in [3.8, 4) is 0 Å². The van der Waals surface area contributed by atoms with Crippen molar-refractivity contribution in [2.45, 2.75) is 19.9 Å². The maximum Gasteiger partial charge on any atom is 0.375 e. The molecule has 0 fully saturated rings. The van der Waals surface area contributed by atoms with Crippen LogP contribution in [0.15, 0.2) is 57.4 Å². The summed E-state index contributed by atoms with van der Waals surface area (Å²) < 4.78 is 11.6. The van der Waals surface area contributed by atoms with Gasteiger partial charge >= 0.3 is 5.97 Å². The third kappa shape index (κ3) is 3.80. The monoisotopic (exact) mass is 415 g/mol. The highest BCUT2D eigenvalue weighted by atomic mass is 79.9. The van der Waals surface area contributed by atoms with E-state index in [-0.39, 0.29) is 24.3 Å². The number of esters is 1. The number of para-hydroxylation sites is 1. The molecule has 0 saturated heterocycles. The van der Waals surface area contributed by atoms with Crippen molar-refractivity contribution in [2.75, 3.05) is 6.61 Å². The van der Waals surface area contributed by atoms with Crippen molar-refractivity contribution in [2.24, 2.45) is 0 Å². The standard InChI is InChI=1S/C20H18BrNO4/c1-12-14-7-4-6-10-17(14)26-19(12)20(24)25-11-18(23)22-13(2)15-8-3-5-9-16(15)21/h3-10,13H,11H2,1-2H3,(H,22,23)/t13-/m0/s1. The Labute approximate surface area is 159 Å². The van der Waals surface area contributed by atoms with Crippen molar-refractivity contribution >= 4 is 38.8 Å². The summed E-state index contributed by atoms with van der Waals surface area (Å²) in [4.78, 5) is 24.3. The number of rotatable bonds is 5. The van der Waals surface area contributed by atoms with E-state index >= 15 is 0 Å². The zero-order valence-corrected chi connectivity index (χ0v) is 16.0. The van der Waals surface area contributed by atoms with E-state index in [9.17, 15) is 9.59 Å². The minimum Gasteiger partial charge on any atom is -0.450 e. The smallest absolute Gasteiger partial charge is 0.375 e. The van der Waals surface area contributed by atoms with E-state index in [1.165, 1.54) is 0 Å². The fraction of sp³-hybridized carbons (Fsp3) is 0.200. The highest BCUT2D eigenvalue weighted by Gasteiger charge is 2.20. The minimum atomic E-state index is -0.651. The largest absolute Gasteiger partial charge is 0.450 e. The van der Waals surface area contributed by atoms with E-state index in [4.69, 9.17) is 9.15 Å². The number of hydrogen-bond acceptors (Lipinski definition) is 4. The number of nitrogens with one attached hydrogen (secondary N) is 1. The summed E-state index contributed by atoms with van der Waals surface area (Å²) in [5.41, 5.74) is 2.26. The van der Waals surface area contributed by atoms with Crippen LogP contribution in [0.25, 0.3) is 11.0 Å². The van der Waals surface area contributed by atoms with Gasteiger partial charge in [-0.1, -0.05) is 52.3 Å². The highest BCUT2D eigenvalue weighted by molar-refractivity contribution is 9.10. The van der Waals surface area contributed by atoms with Crippen LogP contribution >= 0.6 is 15.9 Å². The first-order valence-electron chi connectivity index (χ1n) is 8.16. The van der Waals surface area contributed by atoms with Crippen LogP contribution in [0.3, 0.4) is 0 Å². The maximum atomic E-state index is 12.2. The Balaban J connectivity index is 1.61. The van der Waals surface area contributed by atoms with Crippen LogP contribution in [0.5, 0.6) is 0 Å². The number of fused-ring (bicyclic) bond motifs is 1. The summed E-state index contributed by atoms with van der Waals surface area (Å²) >= 11 is 3.46. The van der Waals surface area contributed by atoms with Gasteiger partial charge in [-0.05, 0) is 31.5 Å². The van der Waals surface area contributed by atoms with Gasteiger partial charge in [-0.25, -0.2) is 4.79 Å². The van der Waals surface area contributed by atoms with Crippen LogP contribution in [0.4, 0.5) is 0 Å². The lowest BCUT2D eigenvalue weighted by Crippen LogP contribution is -2.31. The van der Waals surface area contributed by atoms with Gasteiger partial charge in [0.15, 0.2) is 6.61 Å². The summed E-state index contributed by atoms with van der Waals surface area (Å²) in [6.07, 6.45) is 0. The second-order valence-corrected chi connectivity index (χ2v) is 6.79. The highest BCUT2D eigenvalue weighted by Crippen LogP contribution is 2.25. The van der Waals surface area contributed by atoms with E-state index in [1.807, 2.05) is 49.4 Å². The average molecular weight is 416 g/mol. The Hall–Kier alpha value is -2.60. The lowest BCUT2D eigenvalue weighted by Gasteiger charge is -2.15. The molecule has 6 heteroatoms. The first kappa shape index (κ1) is 18.2. The molecule has 1 amide bonds. The van der Waals surface area contributed by atoms with Crippen molar-refractivity contribution in [3.63, 3.8) is 0 Å². The molecule has 1 atom stereocenters. The Morgan fingerprint density at radius 1 is 1.15 bits per heavy atom. The molecular formula is C20H18BrNO4. The molecule has 3 rings (SSSR count). The fourth-order valence-corrected chi connectivity index (χ4v) is 3.38. The number of aryl methyl sites for hydroxylation is 1. The van der Waals surface area contributed by atoms with Crippen LogP contribution in [-0.4, -0.2) is 18.5 Å². The van der Waals surface area contributed by atoms with Crippen LogP contribution < -0.4 is 5.32 Å². The molecule has 0 bridgehead atoms. The molecular weight excluding hydrogens is 398 g/mol. The summed E-state index contributed by atoms with van der Waals surface area (Å²) in [7, 11) is 0. The van der Waals surface area contributed by atoms with Gasteiger partial charge in [-0.2, -0.15) is 0 Å². The molecule has 0 spiro atoms. The Kier molecular flexibility index (Phi) is 5.42. The third-order valence-corrected chi connectivity index (χ3v) is 4.83. The molecule has 1 heterocycles. The minimum absolute atomic E-state index is 0.123. The number of carbonyl (C=O) groups excluding carboxylic acids is 2. The average Bonchev–Trinajstić information content (AvgIpc) is 2.97. The topological polar surface area (TPSA) is 68.5 Å². The normalized spacial score (nSPS) is 12.0. The van der Waals surface area contributed by atoms with Crippen molar-refractivity contribution in [1.29, 1.82) is 0 Å². The number of halogens is 1. The van der Waals surface area contributed by atoms with E-state index in [0.29, 0.717) is 11.1 Å². The molecule has 0 aliphatic heterocycles. The van der Waals surface area contributed by atoms with E-state index < -0.39 is 5.97 Å². The van der Waals surface area contributed by atoms with Gasteiger partial charge in [0.1, 0.15) is 5.58 Å². The van der Waals surface area contributed by atoms with E-state index in [0.717, 1.165) is 15.4 Å². The number of hydrogen-bond donors (Lipinski definition) is 1. The summed E-state index contributed by atoms with van der Waals surface area (Å²) in [6.45, 7) is 3.28. The zero-order valence-electron chi connectivity index (χ0n) is 14.4. The first-order chi connectivity index (χ1) is 12.5. The lowest BCUT2D eigenvalue weighted by atomic mass is 10.1. The first-order valence-corrected chi connectivity index (χ1v) is 8.95. The Morgan fingerprint density at radius 3 is 2.58 bits per heavy atom. The van der Waals surface area contributed by atoms with Gasteiger partial charge < -0.3 is 14.5 Å². The van der Waals surface area contributed by atoms with Gasteiger partial charge in [0.05, 0.1) is 6.04 Å². The molecule has 0 unspecified atom stereocenters. The molecule has 0 aliphatic carbocycles. The second-order valence-electron chi connectivity index (χ2n) is 5.94. The zero-order chi connectivity index (χ0) is 18.7. The van der Waals surface area contributed by atoms with Crippen molar-refractivity contribution in [1.82, 2.24) is 5.32 Å². The second kappa shape index (κ2) is 7.74. The molecule has 0 radical (unpaired) electrons. The van der Waals surface area contributed by atoms with Crippen LogP contribution in [0.1, 0.15) is 34.6 Å². The maximum absolute atomic E-state index is 12.2. The predicted octanol–water partition coefficient (Wildman–Crippen LogP) is 4.54. The predicted molar refractivity (Wildman–Crippen MR) is 102 cm³/mol. The Morgan fingerprint density at radius 2 is 1.85 bits per heavy atom. The molecule has 3 aromatic rings. The van der Waals surface area contributed by atoms with Gasteiger partial charge in [-0.15, -0.1) is 0 Å². The molecule has 26 heavy (non-hydrogen) atoms. The molecule has 134 valence electrons. The number of benzene rings is 2. The summed E-state index contributed by atoms with van der Waals surface area (Å²) in [5, 5.41) is 3.66. The van der Waals surface area contributed by atoms with Gasteiger partial charge in [0, 0.05) is 15.4 Å². The van der Waals surface area contributed by atoms with Crippen molar-refractivity contribution in [3.05, 3.63) is 69.9 Å². The van der Waals surface area contributed by atoms with Crippen LogP contribution in [-0.2, 0) is 9.53 Å². The number of carbonyl (C=O) groups is 2. The summed E-state index contributed by atoms with van der Waals surface area (Å²) in [6, 6.07) is 14.8. The van der Waals surface area contributed by atoms with Crippen LogP contribution in [0.2, 0.25) is 0 Å². The quantitative estimate of drug-likeness (QED) is 0.621. The number of ether oxygens (including phenoxy) is 1. The van der Waals surface area contributed by atoms with Gasteiger partial charge in [0.25, 0.3) is 5.91 Å². The van der Waals surface area contributed by atoms with Crippen LogP contribution in [0, 0.1) is 6.92 Å². The van der Waals surface area contributed by atoms with Gasteiger partial charge in [-0.3, -0.25) is 4.79 Å².